The molecule has 2 aromatic carbocycles. The number of hydrogen-bond donors (Lipinski definition) is 2. The Hall–Kier alpha value is -3.32. The summed E-state index contributed by atoms with van der Waals surface area (Å²) < 4.78 is 82.8. The first kappa shape index (κ1) is 33.2. The number of hydrogen-bond acceptors (Lipinski definition) is 6. The van der Waals surface area contributed by atoms with E-state index in [2.05, 4.69) is 37.6 Å². The standard InChI is InChI=1S/C26H23F6N5O.C2H6.CH4S/c1-15(22-35-24(38-36-22)18-3-2-4-20(13-18)26(30,31)32)37-11-9-17(10-12-37)23-33-14-21(34-23)16-5-7-19(8-6-16)25(27,28)29;2*1-2/h2-8,13-15,17H,9-12H2,1H3,(H,33,34);1-2H3;2H,1H3. The van der Waals surface area contributed by atoms with Crippen LogP contribution in [0.2, 0.25) is 0 Å². The SMILES string of the molecule is CC.CC(c1noc(-c2cccc(C(F)(F)F)c2)n1)N1CCC(c2ncc(-c3ccc(C(F)(F)F)cc3)[nH]2)CC1.CS. The third-order valence-electron chi connectivity index (χ3n) is 6.83. The zero-order chi connectivity index (χ0) is 31.1. The Labute approximate surface area is 246 Å². The molecule has 2 aromatic heterocycles. The molecule has 42 heavy (non-hydrogen) atoms. The zero-order valence-electron chi connectivity index (χ0n) is 23.6. The van der Waals surface area contributed by atoms with Crippen molar-refractivity contribution < 1.29 is 30.9 Å². The number of thiol groups is 1. The van der Waals surface area contributed by atoms with Gasteiger partial charge < -0.3 is 9.51 Å². The summed E-state index contributed by atoms with van der Waals surface area (Å²) in [7, 11) is 0. The van der Waals surface area contributed by atoms with Crippen LogP contribution in [0.3, 0.4) is 0 Å². The smallest absolute Gasteiger partial charge is 0.342 e. The maximum atomic E-state index is 13.0. The maximum Gasteiger partial charge on any atom is 0.416 e. The predicted molar refractivity (Wildman–Crippen MR) is 152 cm³/mol. The summed E-state index contributed by atoms with van der Waals surface area (Å²) >= 11 is 3.53. The van der Waals surface area contributed by atoms with Gasteiger partial charge in [0.15, 0.2) is 5.82 Å². The Morgan fingerprint density at radius 3 is 2.12 bits per heavy atom. The van der Waals surface area contributed by atoms with E-state index in [1.807, 2.05) is 20.8 Å². The van der Waals surface area contributed by atoms with Crippen LogP contribution < -0.4 is 0 Å². The number of nitrogens with zero attached hydrogens (tertiary/aromatic N) is 4. The summed E-state index contributed by atoms with van der Waals surface area (Å²) in [5.41, 5.74) is -0.0172. The predicted octanol–water partition coefficient (Wildman–Crippen LogP) is 8.68. The molecule has 1 aliphatic heterocycles. The van der Waals surface area contributed by atoms with Gasteiger partial charge in [0.2, 0.25) is 0 Å². The number of nitrogens with one attached hydrogen (secondary N) is 1. The average Bonchev–Trinajstić information content (AvgIpc) is 3.70. The third kappa shape index (κ3) is 7.94. The number of piperidine rings is 1. The minimum absolute atomic E-state index is 0.0271. The van der Waals surface area contributed by atoms with Crippen LogP contribution in [0.5, 0.6) is 0 Å². The van der Waals surface area contributed by atoms with E-state index in [-0.39, 0.29) is 23.4 Å². The second-order valence-electron chi connectivity index (χ2n) is 9.28. The maximum absolute atomic E-state index is 13.0. The highest BCUT2D eigenvalue weighted by Crippen LogP contribution is 2.35. The first-order valence-electron chi connectivity index (χ1n) is 13.4. The first-order valence-corrected chi connectivity index (χ1v) is 14.3. The second kappa shape index (κ2) is 14.2. The number of imidazole rings is 1. The molecule has 0 spiro atoms. The molecule has 4 aromatic rings. The lowest BCUT2D eigenvalue weighted by molar-refractivity contribution is -0.138. The van der Waals surface area contributed by atoms with Crippen molar-refractivity contribution in [2.75, 3.05) is 19.3 Å². The van der Waals surface area contributed by atoms with Crippen molar-refractivity contribution in [1.82, 2.24) is 25.0 Å². The van der Waals surface area contributed by atoms with Crippen LogP contribution in [0.4, 0.5) is 26.3 Å². The fraction of sp³-hybridized carbons (Fsp3) is 0.414. The van der Waals surface area contributed by atoms with Gasteiger partial charge in [-0.1, -0.05) is 37.2 Å². The molecular weight excluding hydrogens is 580 g/mol. The molecule has 0 amide bonds. The Bertz CT molecular complexity index is 1390. The number of H-pyrrole nitrogens is 1. The highest BCUT2D eigenvalue weighted by molar-refractivity contribution is 7.79. The van der Waals surface area contributed by atoms with Gasteiger partial charge in [-0.05, 0) is 75.0 Å². The van der Waals surface area contributed by atoms with Crippen molar-refractivity contribution in [1.29, 1.82) is 0 Å². The number of aromatic nitrogens is 4. The zero-order valence-corrected chi connectivity index (χ0v) is 24.5. The molecule has 1 N–H and O–H groups in total. The molecule has 0 bridgehead atoms. The average molecular weight is 614 g/mol. The highest BCUT2D eigenvalue weighted by atomic mass is 32.1. The number of benzene rings is 2. The van der Waals surface area contributed by atoms with Crippen LogP contribution >= 0.6 is 12.6 Å². The molecular formula is C29H33F6N5OS. The number of aromatic amines is 1. The minimum atomic E-state index is -4.47. The van der Waals surface area contributed by atoms with Gasteiger partial charge in [0.05, 0.1) is 29.1 Å². The summed E-state index contributed by atoms with van der Waals surface area (Å²) in [4.78, 5) is 14.2. The van der Waals surface area contributed by atoms with Gasteiger partial charge in [-0.3, -0.25) is 4.90 Å². The van der Waals surface area contributed by atoms with Crippen molar-refractivity contribution in [2.24, 2.45) is 0 Å². The Kier molecular flexibility index (Phi) is 11.2. The number of alkyl halides is 6. The summed E-state index contributed by atoms with van der Waals surface area (Å²) in [6, 6.07) is 9.48. The molecule has 1 atom stereocenters. The lowest BCUT2D eigenvalue weighted by Crippen LogP contribution is -2.35. The topological polar surface area (TPSA) is 70.8 Å². The quantitative estimate of drug-likeness (QED) is 0.174. The molecule has 3 heterocycles. The Morgan fingerprint density at radius 2 is 1.52 bits per heavy atom. The van der Waals surface area contributed by atoms with E-state index in [1.165, 1.54) is 24.3 Å². The number of halogens is 6. The molecule has 13 heteroatoms. The lowest BCUT2D eigenvalue weighted by atomic mass is 9.95. The Balaban J connectivity index is 0.00000116. The van der Waals surface area contributed by atoms with E-state index in [0.29, 0.717) is 30.2 Å². The van der Waals surface area contributed by atoms with E-state index in [4.69, 9.17) is 4.52 Å². The van der Waals surface area contributed by atoms with Crippen LogP contribution in [-0.2, 0) is 12.4 Å². The van der Waals surface area contributed by atoms with Crippen molar-refractivity contribution >= 4 is 12.6 Å². The van der Waals surface area contributed by atoms with Crippen LogP contribution in [0.15, 0.2) is 59.3 Å². The molecule has 0 radical (unpaired) electrons. The summed E-state index contributed by atoms with van der Waals surface area (Å²) in [6.07, 6.45) is -3.97. The van der Waals surface area contributed by atoms with Crippen molar-refractivity contribution in [3.05, 3.63) is 77.5 Å². The van der Waals surface area contributed by atoms with Gasteiger partial charge in [0, 0.05) is 11.5 Å². The van der Waals surface area contributed by atoms with Crippen molar-refractivity contribution in [2.45, 2.75) is 57.9 Å². The van der Waals surface area contributed by atoms with E-state index in [9.17, 15) is 26.3 Å². The van der Waals surface area contributed by atoms with Crippen LogP contribution in [0.25, 0.3) is 22.7 Å². The largest absolute Gasteiger partial charge is 0.416 e. The van der Waals surface area contributed by atoms with Gasteiger partial charge in [0.1, 0.15) is 5.82 Å². The van der Waals surface area contributed by atoms with Gasteiger partial charge in [-0.25, -0.2) is 4.98 Å². The molecule has 1 unspecified atom stereocenters. The number of rotatable bonds is 5. The second-order valence-corrected chi connectivity index (χ2v) is 9.28. The van der Waals surface area contributed by atoms with E-state index >= 15 is 0 Å². The number of likely N-dealkylation sites (tertiary alicyclic amines) is 1. The minimum Gasteiger partial charge on any atom is -0.342 e. The monoisotopic (exact) mass is 613 g/mol. The van der Waals surface area contributed by atoms with Crippen LogP contribution in [0, 0.1) is 0 Å². The summed E-state index contributed by atoms with van der Waals surface area (Å²) in [5.74, 6) is 1.34. The molecule has 6 nitrogen and oxygen atoms in total. The fourth-order valence-corrected chi connectivity index (χ4v) is 4.60. The molecule has 0 saturated carbocycles. The van der Waals surface area contributed by atoms with Gasteiger partial charge >= 0.3 is 12.4 Å². The highest BCUT2D eigenvalue weighted by Gasteiger charge is 2.32. The molecule has 228 valence electrons. The molecule has 1 aliphatic rings. The van der Waals surface area contributed by atoms with Crippen LogP contribution in [0.1, 0.15) is 68.3 Å². The Morgan fingerprint density at radius 1 is 0.905 bits per heavy atom. The summed E-state index contributed by atoms with van der Waals surface area (Å²) in [5, 5.41) is 4.00. The van der Waals surface area contributed by atoms with E-state index < -0.39 is 23.5 Å². The van der Waals surface area contributed by atoms with E-state index in [0.717, 1.165) is 42.9 Å². The van der Waals surface area contributed by atoms with Crippen LogP contribution in [-0.4, -0.2) is 44.4 Å². The molecule has 0 aliphatic carbocycles. The van der Waals surface area contributed by atoms with Gasteiger partial charge in [-0.15, -0.1) is 0 Å². The molecule has 5 rings (SSSR count). The van der Waals surface area contributed by atoms with Gasteiger partial charge in [0.25, 0.3) is 5.89 Å². The lowest BCUT2D eigenvalue weighted by Gasteiger charge is -2.34. The first-order chi connectivity index (χ1) is 20.0. The van der Waals surface area contributed by atoms with Crippen molar-refractivity contribution in [3.63, 3.8) is 0 Å². The third-order valence-corrected chi connectivity index (χ3v) is 6.83. The summed E-state index contributed by atoms with van der Waals surface area (Å²) in [6.45, 7) is 7.32. The van der Waals surface area contributed by atoms with Gasteiger partial charge in [-0.2, -0.15) is 44.0 Å². The normalized spacial score (nSPS) is 15.3. The fourth-order valence-electron chi connectivity index (χ4n) is 4.60. The van der Waals surface area contributed by atoms with E-state index in [1.54, 1.807) is 12.5 Å². The van der Waals surface area contributed by atoms with Crippen molar-refractivity contribution in [3.8, 4) is 22.7 Å². The molecule has 1 fully saturated rings. The molecule has 1 saturated heterocycles.